The van der Waals surface area contributed by atoms with Gasteiger partial charge in [0.1, 0.15) is 11.0 Å². The van der Waals surface area contributed by atoms with Gasteiger partial charge in [-0.25, -0.2) is 4.98 Å². The van der Waals surface area contributed by atoms with Crippen molar-refractivity contribution in [3.8, 4) is 10.6 Å². The third-order valence-corrected chi connectivity index (χ3v) is 5.38. The van der Waals surface area contributed by atoms with Crippen LogP contribution in [0.15, 0.2) is 22.2 Å². The number of hydrogen-bond donors (Lipinski definition) is 1. The molecule has 21 heavy (non-hydrogen) atoms. The van der Waals surface area contributed by atoms with Gasteiger partial charge in [0.25, 0.3) is 0 Å². The van der Waals surface area contributed by atoms with Crippen LogP contribution < -0.4 is 5.73 Å². The Labute approximate surface area is 136 Å². The first kappa shape index (κ1) is 16.5. The Balaban J connectivity index is 1.71. The molecular weight excluding hydrogens is 324 g/mol. The van der Waals surface area contributed by atoms with Gasteiger partial charge in [0.2, 0.25) is 0 Å². The Hall–Kier alpha value is -0.890. The summed E-state index contributed by atoms with van der Waals surface area (Å²) < 4.78 is 4.88. The minimum atomic E-state index is -0.519. The molecule has 0 saturated heterocycles. The van der Waals surface area contributed by atoms with Crippen molar-refractivity contribution in [2.24, 2.45) is 5.73 Å². The summed E-state index contributed by atoms with van der Waals surface area (Å²) in [6.45, 7) is 2.16. The standard InChI is InChI=1S/C14H18N2O2S3/c1-2-18-14(17)12(15)4-6-20-8-11-9-21-13(16-11)10-3-5-19-7-10/h3,5,7,9,12H,2,4,6,8,15H2,1H3. The number of nitrogens with zero attached hydrogens (tertiary/aromatic N) is 1. The van der Waals surface area contributed by atoms with Crippen molar-refractivity contribution in [2.75, 3.05) is 12.4 Å². The summed E-state index contributed by atoms with van der Waals surface area (Å²) >= 11 is 5.09. The maximum atomic E-state index is 11.4. The topological polar surface area (TPSA) is 65.2 Å². The van der Waals surface area contributed by atoms with Gasteiger partial charge >= 0.3 is 5.97 Å². The summed E-state index contributed by atoms with van der Waals surface area (Å²) in [6, 6.07) is 1.56. The van der Waals surface area contributed by atoms with E-state index < -0.39 is 6.04 Å². The van der Waals surface area contributed by atoms with Crippen LogP contribution in [-0.4, -0.2) is 29.4 Å². The van der Waals surface area contributed by atoms with Crippen molar-refractivity contribution in [1.82, 2.24) is 4.98 Å². The Morgan fingerprint density at radius 2 is 2.38 bits per heavy atom. The summed E-state index contributed by atoms with van der Waals surface area (Å²) in [5.74, 6) is 1.35. The molecule has 2 N–H and O–H groups in total. The number of aromatic nitrogens is 1. The maximum absolute atomic E-state index is 11.4. The number of thiophene rings is 1. The fraction of sp³-hybridized carbons (Fsp3) is 0.429. The number of carbonyl (C=O) groups excluding carboxylic acids is 1. The number of esters is 1. The maximum Gasteiger partial charge on any atom is 0.322 e. The molecular formula is C14H18N2O2S3. The first-order valence-electron chi connectivity index (χ1n) is 6.67. The molecule has 0 radical (unpaired) electrons. The van der Waals surface area contributed by atoms with Crippen molar-refractivity contribution in [1.29, 1.82) is 0 Å². The number of thiazole rings is 1. The van der Waals surface area contributed by atoms with Gasteiger partial charge in [-0.05, 0) is 30.5 Å². The van der Waals surface area contributed by atoms with E-state index in [9.17, 15) is 4.79 Å². The van der Waals surface area contributed by atoms with Crippen molar-refractivity contribution in [2.45, 2.75) is 25.1 Å². The molecule has 0 aliphatic heterocycles. The van der Waals surface area contributed by atoms with Gasteiger partial charge in [0.05, 0.1) is 12.3 Å². The number of nitrogens with two attached hydrogens (primary N) is 1. The minimum absolute atomic E-state index is 0.313. The molecule has 0 aliphatic rings. The molecule has 2 rings (SSSR count). The van der Waals surface area contributed by atoms with Gasteiger partial charge in [0, 0.05) is 22.1 Å². The van der Waals surface area contributed by atoms with Crippen molar-refractivity contribution < 1.29 is 9.53 Å². The van der Waals surface area contributed by atoms with E-state index >= 15 is 0 Å². The Morgan fingerprint density at radius 3 is 3.10 bits per heavy atom. The lowest BCUT2D eigenvalue weighted by Crippen LogP contribution is -2.32. The zero-order valence-electron chi connectivity index (χ0n) is 11.8. The predicted octanol–water partition coefficient (Wildman–Crippen LogP) is 3.39. The van der Waals surface area contributed by atoms with E-state index in [2.05, 4.69) is 27.2 Å². The van der Waals surface area contributed by atoms with Crippen LogP contribution in [0, 0.1) is 0 Å². The highest BCUT2D eigenvalue weighted by Gasteiger charge is 2.14. The van der Waals surface area contributed by atoms with E-state index in [4.69, 9.17) is 10.5 Å². The average molecular weight is 343 g/mol. The van der Waals surface area contributed by atoms with Crippen molar-refractivity contribution in [3.63, 3.8) is 0 Å². The largest absolute Gasteiger partial charge is 0.465 e. The third-order valence-electron chi connectivity index (χ3n) is 2.73. The summed E-state index contributed by atoms with van der Waals surface area (Å²) in [5.41, 5.74) is 8.02. The summed E-state index contributed by atoms with van der Waals surface area (Å²) in [6.07, 6.45) is 0.630. The van der Waals surface area contributed by atoms with E-state index in [1.807, 2.05) is 0 Å². The Kier molecular flexibility index (Phi) is 6.69. The lowest BCUT2D eigenvalue weighted by molar-refractivity contribution is -0.144. The molecule has 7 heteroatoms. The molecule has 114 valence electrons. The number of thioether (sulfide) groups is 1. The van der Waals surface area contributed by atoms with E-state index in [1.54, 1.807) is 41.4 Å². The van der Waals surface area contributed by atoms with Crippen LogP contribution in [-0.2, 0) is 15.3 Å². The molecule has 0 aliphatic carbocycles. The average Bonchev–Trinajstić information content (AvgIpc) is 3.14. The van der Waals surface area contributed by atoms with Crippen LogP contribution in [0.4, 0.5) is 0 Å². The van der Waals surface area contributed by atoms with Gasteiger partial charge < -0.3 is 10.5 Å². The first-order chi connectivity index (χ1) is 10.2. The van der Waals surface area contributed by atoms with Crippen LogP contribution in [0.5, 0.6) is 0 Å². The zero-order valence-corrected chi connectivity index (χ0v) is 14.2. The highest BCUT2D eigenvalue weighted by molar-refractivity contribution is 7.98. The minimum Gasteiger partial charge on any atom is -0.465 e. The van der Waals surface area contributed by atoms with Gasteiger partial charge in [-0.3, -0.25) is 4.79 Å². The van der Waals surface area contributed by atoms with Gasteiger partial charge in [-0.15, -0.1) is 11.3 Å². The molecule has 2 heterocycles. The molecule has 0 bridgehead atoms. The molecule has 2 aromatic heterocycles. The van der Waals surface area contributed by atoms with E-state index in [0.29, 0.717) is 13.0 Å². The lowest BCUT2D eigenvalue weighted by atomic mass is 10.2. The molecule has 1 unspecified atom stereocenters. The van der Waals surface area contributed by atoms with E-state index in [-0.39, 0.29) is 5.97 Å². The smallest absolute Gasteiger partial charge is 0.322 e. The molecule has 0 fully saturated rings. The normalized spacial score (nSPS) is 12.3. The van der Waals surface area contributed by atoms with Crippen LogP contribution in [0.1, 0.15) is 19.0 Å². The van der Waals surface area contributed by atoms with Gasteiger partial charge in [-0.2, -0.15) is 23.1 Å². The molecule has 0 amide bonds. The molecule has 0 spiro atoms. The second-order valence-corrected chi connectivity index (χ2v) is 7.10. The monoisotopic (exact) mass is 342 g/mol. The number of ether oxygens (including phenoxy) is 1. The number of hydrogen-bond acceptors (Lipinski definition) is 7. The van der Waals surface area contributed by atoms with E-state index in [0.717, 1.165) is 22.2 Å². The lowest BCUT2D eigenvalue weighted by Gasteiger charge is -2.09. The SMILES string of the molecule is CCOC(=O)C(N)CCSCc1csc(-c2ccsc2)n1. The number of carbonyl (C=O) groups is 1. The number of rotatable bonds is 8. The fourth-order valence-electron chi connectivity index (χ4n) is 1.65. The fourth-order valence-corrected chi connectivity index (χ4v) is 4.21. The van der Waals surface area contributed by atoms with Crippen LogP contribution in [0.3, 0.4) is 0 Å². The third kappa shape index (κ3) is 5.10. The zero-order chi connectivity index (χ0) is 15.1. The van der Waals surface area contributed by atoms with Crippen LogP contribution in [0.2, 0.25) is 0 Å². The van der Waals surface area contributed by atoms with E-state index in [1.165, 1.54) is 5.56 Å². The second kappa shape index (κ2) is 8.53. The summed E-state index contributed by atoms with van der Waals surface area (Å²) in [4.78, 5) is 16.0. The highest BCUT2D eigenvalue weighted by Crippen LogP contribution is 2.27. The van der Waals surface area contributed by atoms with Crippen molar-refractivity contribution >= 4 is 40.4 Å². The predicted molar refractivity (Wildman–Crippen MR) is 90.8 cm³/mol. The van der Waals surface area contributed by atoms with Crippen LogP contribution in [0.25, 0.3) is 10.6 Å². The molecule has 4 nitrogen and oxygen atoms in total. The molecule has 0 aromatic carbocycles. The van der Waals surface area contributed by atoms with Gasteiger partial charge in [0.15, 0.2) is 0 Å². The van der Waals surface area contributed by atoms with Crippen LogP contribution >= 0.6 is 34.4 Å². The summed E-state index contributed by atoms with van der Waals surface area (Å²) in [7, 11) is 0. The highest BCUT2D eigenvalue weighted by atomic mass is 32.2. The second-order valence-electron chi connectivity index (χ2n) is 4.36. The molecule has 2 aromatic rings. The summed E-state index contributed by atoms with van der Waals surface area (Å²) in [5, 5.41) is 7.32. The first-order valence-corrected chi connectivity index (χ1v) is 9.65. The molecule has 0 saturated carbocycles. The molecule has 1 atom stereocenters. The van der Waals surface area contributed by atoms with Crippen molar-refractivity contribution in [3.05, 3.63) is 27.9 Å². The Bertz CT molecular complexity index is 554. The van der Waals surface area contributed by atoms with Gasteiger partial charge in [-0.1, -0.05) is 0 Å². The quantitative estimate of drug-likeness (QED) is 0.588. The Morgan fingerprint density at radius 1 is 1.52 bits per heavy atom.